The number of amidine groups is 2. The Kier molecular flexibility index (Phi) is 6.85. The Balaban J connectivity index is 1.18. The largest absolute Gasteiger partial charge is 0.456 e. The van der Waals surface area contributed by atoms with Gasteiger partial charge in [0.05, 0.1) is 0 Å². The number of hydrogen-bond acceptors (Lipinski definition) is 4. The minimum absolute atomic E-state index is 0.353. The fourth-order valence-electron chi connectivity index (χ4n) is 7.35. The van der Waals surface area contributed by atoms with E-state index in [4.69, 9.17) is 14.4 Å². The average Bonchev–Trinajstić information content (AvgIpc) is 3.59. The molecule has 2 heterocycles. The summed E-state index contributed by atoms with van der Waals surface area (Å²) in [5, 5.41) is 10.6. The molecule has 240 valence electrons. The maximum Gasteiger partial charge on any atom is 0.160 e. The van der Waals surface area contributed by atoms with E-state index in [2.05, 4.69) is 151 Å². The summed E-state index contributed by atoms with van der Waals surface area (Å²) >= 11 is 0. The minimum Gasteiger partial charge on any atom is -0.456 e. The number of nitrogens with one attached hydrogen (secondary N) is 1. The van der Waals surface area contributed by atoms with E-state index in [-0.39, 0.29) is 6.17 Å². The summed E-state index contributed by atoms with van der Waals surface area (Å²) in [6.45, 7) is 0. The monoisotopic (exact) mass is 653 g/mol. The van der Waals surface area contributed by atoms with Gasteiger partial charge in [0.15, 0.2) is 5.84 Å². The van der Waals surface area contributed by atoms with Crippen LogP contribution < -0.4 is 5.32 Å². The second-order valence-corrected chi connectivity index (χ2v) is 13.0. The van der Waals surface area contributed by atoms with Crippen molar-refractivity contribution >= 4 is 55.2 Å². The van der Waals surface area contributed by atoms with E-state index in [1.165, 1.54) is 32.7 Å². The lowest BCUT2D eigenvalue weighted by Crippen LogP contribution is -2.33. The lowest BCUT2D eigenvalue weighted by Gasteiger charge is -2.25. The van der Waals surface area contributed by atoms with Crippen molar-refractivity contribution in [1.29, 1.82) is 0 Å². The molecule has 1 unspecified atom stereocenters. The summed E-state index contributed by atoms with van der Waals surface area (Å²) in [7, 11) is 0. The smallest absolute Gasteiger partial charge is 0.160 e. The number of rotatable bonds is 5. The van der Waals surface area contributed by atoms with Gasteiger partial charge in [-0.25, -0.2) is 9.98 Å². The zero-order chi connectivity index (χ0) is 33.7. The third-order valence-corrected chi connectivity index (χ3v) is 9.92. The normalized spacial score (nSPS) is 14.5. The molecular formula is C47H31N3O. The fraction of sp³-hybridized carbons (Fsp3) is 0.0213. The Hall–Kier alpha value is -6.78. The van der Waals surface area contributed by atoms with Gasteiger partial charge in [0.1, 0.15) is 23.2 Å². The van der Waals surface area contributed by atoms with Crippen LogP contribution in [0, 0.1) is 0 Å². The lowest BCUT2D eigenvalue weighted by atomic mass is 9.92. The van der Waals surface area contributed by atoms with Gasteiger partial charge in [-0.1, -0.05) is 146 Å². The molecule has 0 bridgehead atoms. The molecule has 4 heteroatoms. The molecule has 8 aromatic carbocycles. The molecule has 0 saturated heterocycles. The summed E-state index contributed by atoms with van der Waals surface area (Å²) in [4.78, 5) is 10.7. The second kappa shape index (κ2) is 12.0. The van der Waals surface area contributed by atoms with Crippen molar-refractivity contribution < 1.29 is 4.42 Å². The van der Waals surface area contributed by atoms with Crippen LogP contribution in [0.4, 0.5) is 0 Å². The third-order valence-electron chi connectivity index (χ3n) is 9.92. The van der Waals surface area contributed by atoms with Gasteiger partial charge in [0.2, 0.25) is 0 Å². The maximum absolute atomic E-state index is 6.44. The lowest BCUT2D eigenvalue weighted by molar-refractivity contribution is 0.668. The summed E-state index contributed by atoms with van der Waals surface area (Å²) in [5.74, 6) is 1.44. The molecule has 0 spiro atoms. The minimum atomic E-state index is -0.353. The standard InChI is InChI=1S/C47H31N3O/c1-2-12-34(13-3-1)45-48-46(38-25-21-31-11-5-7-15-36(31)29-38)50-47(49-45)44-39(26-27-42-43(44)40-16-8-9-17-41(40)51-42)33-22-18-32(19-23-33)37-24-20-30-10-4-6-14-35(30)28-37/h1-29,46H,(H,48,49,50). The summed E-state index contributed by atoms with van der Waals surface area (Å²) < 4.78 is 6.44. The first-order valence-corrected chi connectivity index (χ1v) is 17.3. The zero-order valence-corrected chi connectivity index (χ0v) is 27.6. The van der Waals surface area contributed by atoms with E-state index in [0.29, 0.717) is 5.84 Å². The van der Waals surface area contributed by atoms with Gasteiger partial charge in [0, 0.05) is 21.9 Å². The van der Waals surface area contributed by atoms with Crippen LogP contribution >= 0.6 is 0 Å². The number of para-hydroxylation sites is 1. The second-order valence-electron chi connectivity index (χ2n) is 13.0. The van der Waals surface area contributed by atoms with Gasteiger partial charge >= 0.3 is 0 Å². The first-order chi connectivity index (χ1) is 25.2. The van der Waals surface area contributed by atoms with Crippen molar-refractivity contribution in [3.8, 4) is 22.3 Å². The Bertz CT molecular complexity index is 2830. The molecule has 51 heavy (non-hydrogen) atoms. The van der Waals surface area contributed by atoms with Crippen LogP contribution in [0.2, 0.25) is 0 Å². The Morgan fingerprint density at radius 1 is 0.471 bits per heavy atom. The van der Waals surface area contributed by atoms with Crippen LogP contribution in [-0.4, -0.2) is 11.7 Å². The van der Waals surface area contributed by atoms with Crippen molar-refractivity contribution in [3.63, 3.8) is 0 Å². The highest BCUT2D eigenvalue weighted by molar-refractivity contribution is 6.24. The van der Waals surface area contributed by atoms with Crippen LogP contribution in [0.1, 0.15) is 22.9 Å². The van der Waals surface area contributed by atoms with Gasteiger partial charge in [-0.3, -0.25) is 0 Å². The van der Waals surface area contributed by atoms with Gasteiger partial charge in [-0.15, -0.1) is 0 Å². The summed E-state index contributed by atoms with van der Waals surface area (Å²) in [6.07, 6.45) is -0.353. The van der Waals surface area contributed by atoms with E-state index >= 15 is 0 Å². The molecule has 1 N–H and O–H groups in total. The van der Waals surface area contributed by atoms with Crippen LogP contribution in [-0.2, 0) is 0 Å². The highest BCUT2D eigenvalue weighted by atomic mass is 16.3. The molecule has 1 aliphatic rings. The number of nitrogens with zero attached hydrogens (tertiary/aromatic N) is 2. The molecule has 1 aromatic heterocycles. The molecule has 0 saturated carbocycles. The quantitative estimate of drug-likeness (QED) is 0.201. The Labute approximate surface area is 295 Å². The maximum atomic E-state index is 6.44. The summed E-state index contributed by atoms with van der Waals surface area (Å²) in [5.41, 5.74) is 9.16. The number of aliphatic imine (C=N–C) groups is 2. The molecule has 0 amide bonds. The van der Waals surface area contributed by atoms with E-state index in [1.54, 1.807) is 0 Å². The molecule has 0 fully saturated rings. The van der Waals surface area contributed by atoms with Crippen molar-refractivity contribution in [3.05, 3.63) is 193 Å². The molecule has 4 nitrogen and oxygen atoms in total. The number of fused-ring (bicyclic) bond motifs is 5. The fourth-order valence-corrected chi connectivity index (χ4v) is 7.35. The van der Waals surface area contributed by atoms with E-state index in [9.17, 15) is 0 Å². The predicted octanol–water partition coefficient (Wildman–Crippen LogP) is 11.7. The summed E-state index contributed by atoms with van der Waals surface area (Å²) in [6, 6.07) is 61.7. The van der Waals surface area contributed by atoms with E-state index in [0.717, 1.165) is 55.6 Å². The van der Waals surface area contributed by atoms with Gasteiger partial charge in [-0.05, 0) is 79.7 Å². The van der Waals surface area contributed by atoms with Gasteiger partial charge in [-0.2, -0.15) is 0 Å². The van der Waals surface area contributed by atoms with Gasteiger partial charge < -0.3 is 9.73 Å². The van der Waals surface area contributed by atoms with E-state index < -0.39 is 0 Å². The molecule has 9 aromatic rings. The van der Waals surface area contributed by atoms with Crippen molar-refractivity contribution in [2.24, 2.45) is 9.98 Å². The molecule has 0 radical (unpaired) electrons. The Morgan fingerprint density at radius 3 is 1.92 bits per heavy atom. The highest BCUT2D eigenvalue weighted by Crippen LogP contribution is 2.39. The van der Waals surface area contributed by atoms with Crippen LogP contribution in [0.25, 0.3) is 65.7 Å². The number of benzene rings is 8. The van der Waals surface area contributed by atoms with Crippen LogP contribution in [0.3, 0.4) is 0 Å². The number of hydrogen-bond donors (Lipinski definition) is 1. The topological polar surface area (TPSA) is 49.9 Å². The van der Waals surface area contributed by atoms with Crippen molar-refractivity contribution in [2.75, 3.05) is 0 Å². The molecular weight excluding hydrogens is 623 g/mol. The third kappa shape index (κ3) is 5.17. The first kappa shape index (κ1) is 29.2. The van der Waals surface area contributed by atoms with E-state index in [1.807, 2.05) is 30.3 Å². The average molecular weight is 654 g/mol. The molecule has 1 atom stereocenters. The molecule has 0 aliphatic carbocycles. The zero-order valence-electron chi connectivity index (χ0n) is 27.6. The van der Waals surface area contributed by atoms with Crippen molar-refractivity contribution in [2.45, 2.75) is 6.17 Å². The first-order valence-electron chi connectivity index (χ1n) is 17.3. The van der Waals surface area contributed by atoms with Crippen molar-refractivity contribution in [1.82, 2.24) is 5.32 Å². The number of furan rings is 1. The predicted molar refractivity (Wildman–Crippen MR) is 211 cm³/mol. The van der Waals surface area contributed by atoms with Crippen LogP contribution in [0.5, 0.6) is 0 Å². The van der Waals surface area contributed by atoms with Gasteiger partial charge in [0.25, 0.3) is 0 Å². The SMILES string of the molecule is c1ccc(C2=NC(c3c(-c4ccc(-c5ccc6ccccc6c5)cc4)ccc4oc5ccccc5c34)=NC(c3ccc4ccccc4c3)N2)cc1. The molecule has 10 rings (SSSR count). The highest BCUT2D eigenvalue weighted by Gasteiger charge is 2.26. The Morgan fingerprint density at radius 2 is 1.12 bits per heavy atom. The van der Waals surface area contributed by atoms with Crippen LogP contribution in [0.15, 0.2) is 190 Å². The molecule has 1 aliphatic heterocycles.